The van der Waals surface area contributed by atoms with Gasteiger partial charge in [-0.25, -0.2) is 8.42 Å². The summed E-state index contributed by atoms with van der Waals surface area (Å²) in [6.07, 6.45) is 1.68. The molecule has 140 valence electrons. The fraction of sp³-hybridized carbons (Fsp3) is 0. The second-order valence-electron chi connectivity index (χ2n) is 6.12. The van der Waals surface area contributed by atoms with Crippen molar-refractivity contribution in [3.05, 3.63) is 84.6 Å². The molecule has 3 aromatic carbocycles. The van der Waals surface area contributed by atoms with Gasteiger partial charge < -0.3 is 5.32 Å². The van der Waals surface area contributed by atoms with Gasteiger partial charge in [0.1, 0.15) is 0 Å². The maximum atomic E-state index is 12.4. The Kier molecular flexibility index (Phi) is 4.54. The summed E-state index contributed by atoms with van der Waals surface area (Å²) < 4.78 is 27.2. The molecule has 1 aromatic heterocycles. The number of fused-ring (bicyclic) bond motifs is 1. The van der Waals surface area contributed by atoms with E-state index in [0.717, 1.165) is 10.9 Å². The Balaban J connectivity index is 1.47. The molecule has 3 N–H and O–H groups in total. The van der Waals surface area contributed by atoms with Crippen LogP contribution in [-0.4, -0.2) is 24.5 Å². The second-order valence-corrected chi connectivity index (χ2v) is 7.80. The average Bonchev–Trinajstić information content (AvgIpc) is 3.17. The number of carbonyl (C=O) groups excluding carboxylic acids is 1. The molecule has 28 heavy (non-hydrogen) atoms. The molecule has 0 aliphatic rings. The van der Waals surface area contributed by atoms with Crippen LogP contribution in [0.4, 0.5) is 11.4 Å². The van der Waals surface area contributed by atoms with Crippen LogP contribution in [0, 0.1) is 0 Å². The van der Waals surface area contributed by atoms with Gasteiger partial charge in [0.15, 0.2) is 0 Å². The van der Waals surface area contributed by atoms with Crippen molar-refractivity contribution in [3.8, 4) is 0 Å². The largest absolute Gasteiger partial charge is 0.322 e. The molecule has 4 rings (SSSR count). The molecular formula is C20H16N4O3S. The van der Waals surface area contributed by atoms with Gasteiger partial charge in [-0.2, -0.15) is 5.10 Å². The minimum Gasteiger partial charge on any atom is -0.322 e. The number of H-pyrrole nitrogens is 1. The monoisotopic (exact) mass is 392 g/mol. The third-order valence-corrected chi connectivity index (χ3v) is 5.55. The third kappa shape index (κ3) is 3.72. The van der Waals surface area contributed by atoms with E-state index >= 15 is 0 Å². The fourth-order valence-corrected chi connectivity index (χ4v) is 3.81. The highest BCUT2D eigenvalue weighted by Gasteiger charge is 2.14. The SMILES string of the molecule is O=C(Nc1ccc2[nH]ncc2c1)c1ccc(NS(=O)(=O)c2ccccc2)cc1. The number of rotatable bonds is 5. The molecule has 7 nitrogen and oxygen atoms in total. The second kappa shape index (κ2) is 7.16. The Morgan fingerprint density at radius 2 is 1.61 bits per heavy atom. The summed E-state index contributed by atoms with van der Waals surface area (Å²) in [5.41, 5.74) is 2.32. The molecule has 0 unspecified atom stereocenters. The van der Waals surface area contributed by atoms with Crippen LogP contribution in [0.3, 0.4) is 0 Å². The van der Waals surface area contributed by atoms with E-state index in [4.69, 9.17) is 0 Å². The van der Waals surface area contributed by atoms with Crippen LogP contribution in [0.25, 0.3) is 10.9 Å². The molecule has 1 heterocycles. The highest BCUT2D eigenvalue weighted by atomic mass is 32.2. The molecule has 1 amide bonds. The summed E-state index contributed by atoms with van der Waals surface area (Å²) in [5, 5.41) is 10.5. The molecule has 0 aliphatic carbocycles. The van der Waals surface area contributed by atoms with Gasteiger partial charge in [-0.05, 0) is 54.6 Å². The molecule has 0 aliphatic heterocycles. The lowest BCUT2D eigenvalue weighted by Crippen LogP contribution is -2.14. The molecule has 4 aromatic rings. The maximum absolute atomic E-state index is 12.4. The first kappa shape index (κ1) is 17.7. The molecule has 0 fully saturated rings. The van der Waals surface area contributed by atoms with E-state index in [1.807, 2.05) is 12.1 Å². The van der Waals surface area contributed by atoms with Crippen molar-refractivity contribution >= 4 is 38.2 Å². The van der Waals surface area contributed by atoms with Crippen molar-refractivity contribution < 1.29 is 13.2 Å². The van der Waals surface area contributed by atoms with Gasteiger partial charge in [0.25, 0.3) is 15.9 Å². The van der Waals surface area contributed by atoms with Gasteiger partial charge in [0.2, 0.25) is 0 Å². The predicted molar refractivity (Wildman–Crippen MR) is 108 cm³/mol. The number of hydrogen-bond acceptors (Lipinski definition) is 4. The number of aromatic amines is 1. The number of hydrogen-bond donors (Lipinski definition) is 3. The Labute approximate surface area is 161 Å². The van der Waals surface area contributed by atoms with Crippen molar-refractivity contribution in [2.24, 2.45) is 0 Å². The van der Waals surface area contributed by atoms with Gasteiger partial charge in [-0.1, -0.05) is 18.2 Å². The Morgan fingerprint density at radius 3 is 2.36 bits per heavy atom. The van der Waals surface area contributed by atoms with Crippen LogP contribution in [-0.2, 0) is 10.0 Å². The van der Waals surface area contributed by atoms with E-state index in [0.29, 0.717) is 16.9 Å². The summed E-state index contributed by atoms with van der Waals surface area (Å²) in [5.74, 6) is -0.291. The van der Waals surface area contributed by atoms with Gasteiger partial charge in [-0.3, -0.25) is 14.6 Å². The van der Waals surface area contributed by atoms with Gasteiger partial charge in [-0.15, -0.1) is 0 Å². The smallest absolute Gasteiger partial charge is 0.261 e. The fourth-order valence-electron chi connectivity index (χ4n) is 2.73. The number of sulfonamides is 1. The standard InChI is InChI=1S/C20H16N4O3S/c25-20(22-17-10-11-19-15(12-17)13-21-23-19)14-6-8-16(9-7-14)24-28(26,27)18-4-2-1-3-5-18/h1-13,24H,(H,21,23)(H,22,25). The van der Waals surface area contributed by atoms with Crippen LogP contribution in [0.2, 0.25) is 0 Å². The first-order valence-electron chi connectivity index (χ1n) is 8.44. The lowest BCUT2D eigenvalue weighted by atomic mass is 10.2. The first-order chi connectivity index (χ1) is 13.5. The molecule has 0 bridgehead atoms. The van der Waals surface area contributed by atoms with E-state index in [9.17, 15) is 13.2 Å². The quantitative estimate of drug-likeness (QED) is 0.482. The van der Waals surface area contributed by atoms with E-state index in [-0.39, 0.29) is 10.8 Å². The molecule has 0 saturated carbocycles. The molecule has 8 heteroatoms. The zero-order valence-corrected chi connectivity index (χ0v) is 15.4. The average molecular weight is 392 g/mol. The minimum atomic E-state index is -3.67. The van der Waals surface area contributed by atoms with Crippen molar-refractivity contribution in [1.82, 2.24) is 10.2 Å². The lowest BCUT2D eigenvalue weighted by Gasteiger charge is -2.09. The summed E-state index contributed by atoms with van der Waals surface area (Å²) in [7, 11) is -3.67. The van der Waals surface area contributed by atoms with Crippen molar-refractivity contribution in [1.29, 1.82) is 0 Å². The maximum Gasteiger partial charge on any atom is 0.261 e. The zero-order valence-electron chi connectivity index (χ0n) is 14.6. The van der Waals surface area contributed by atoms with Gasteiger partial charge in [0, 0.05) is 22.3 Å². The minimum absolute atomic E-state index is 0.173. The number of aromatic nitrogens is 2. The van der Waals surface area contributed by atoms with Crippen LogP contribution in [0.5, 0.6) is 0 Å². The zero-order chi connectivity index (χ0) is 19.6. The number of nitrogens with zero attached hydrogens (tertiary/aromatic N) is 1. The van der Waals surface area contributed by atoms with Crippen LogP contribution in [0.15, 0.2) is 83.9 Å². The van der Waals surface area contributed by atoms with Crippen LogP contribution >= 0.6 is 0 Å². The summed E-state index contributed by atoms with van der Waals surface area (Å²) >= 11 is 0. The first-order valence-corrected chi connectivity index (χ1v) is 9.92. The number of amides is 1. The van der Waals surface area contributed by atoms with Crippen LogP contribution in [0.1, 0.15) is 10.4 Å². The van der Waals surface area contributed by atoms with Crippen molar-refractivity contribution in [2.75, 3.05) is 10.0 Å². The van der Waals surface area contributed by atoms with E-state index < -0.39 is 10.0 Å². The predicted octanol–water partition coefficient (Wildman–Crippen LogP) is 3.62. The summed E-state index contributed by atoms with van der Waals surface area (Å²) in [4.78, 5) is 12.6. The molecule has 0 radical (unpaired) electrons. The number of anilines is 2. The Morgan fingerprint density at radius 1 is 0.893 bits per heavy atom. The number of nitrogens with one attached hydrogen (secondary N) is 3. The number of carbonyl (C=O) groups is 1. The summed E-state index contributed by atoms with van der Waals surface area (Å²) in [6, 6.07) is 19.7. The van der Waals surface area contributed by atoms with E-state index in [1.54, 1.807) is 54.7 Å². The topological polar surface area (TPSA) is 104 Å². The van der Waals surface area contributed by atoms with E-state index in [2.05, 4.69) is 20.2 Å². The van der Waals surface area contributed by atoms with Crippen molar-refractivity contribution in [3.63, 3.8) is 0 Å². The number of benzene rings is 3. The lowest BCUT2D eigenvalue weighted by molar-refractivity contribution is 0.102. The molecule has 0 spiro atoms. The van der Waals surface area contributed by atoms with E-state index in [1.165, 1.54) is 12.1 Å². The molecular weight excluding hydrogens is 376 g/mol. The van der Waals surface area contributed by atoms with Crippen molar-refractivity contribution in [2.45, 2.75) is 4.90 Å². The molecule has 0 atom stereocenters. The normalized spacial score (nSPS) is 11.3. The highest BCUT2D eigenvalue weighted by Crippen LogP contribution is 2.19. The van der Waals surface area contributed by atoms with Gasteiger partial charge >= 0.3 is 0 Å². The highest BCUT2D eigenvalue weighted by molar-refractivity contribution is 7.92. The van der Waals surface area contributed by atoms with Gasteiger partial charge in [0.05, 0.1) is 16.6 Å². The Hall–Kier alpha value is -3.65. The summed E-state index contributed by atoms with van der Waals surface area (Å²) in [6.45, 7) is 0. The molecule has 0 saturated heterocycles. The van der Waals surface area contributed by atoms with Crippen LogP contribution < -0.4 is 10.0 Å². The third-order valence-electron chi connectivity index (χ3n) is 4.15. The Bertz CT molecular complexity index is 1230.